The molecule has 1 saturated carbocycles. The summed E-state index contributed by atoms with van der Waals surface area (Å²) in [4.78, 5) is 11.8. The normalized spacial score (nSPS) is 16.4. The minimum atomic E-state index is -0.271. The van der Waals surface area contributed by atoms with Gasteiger partial charge in [-0.2, -0.15) is 0 Å². The summed E-state index contributed by atoms with van der Waals surface area (Å²) in [6.07, 6.45) is 1.83. The standard InChI is InChI=1S/C13H18N2O2/c1-17-11-4-2-10(3-5-11)8-15-12(16)13(9-14)6-7-13/h2-5H,6-9,14H2,1H3,(H,15,16). The van der Waals surface area contributed by atoms with Crippen LogP contribution in [0.5, 0.6) is 5.75 Å². The number of rotatable bonds is 5. The molecule has 0 spiro atoms. The molecule has 4 heteroatoms. The van der Waals surface area contributed by atoms with Crippen molar-refractivity contribution in [2.24, 2.45) is 11.1 Å². The summed E-state index contributed by atoms with van der Waals surface area (Å²) in [5.74, 6) is 0.900. The number of amides is 1. The van der Waals surface area contributed by atoms with Crippen LogP contribution in [-0.4, -0.2) is 19.6 Å². The number of hydrogen-bond donors (Lipinski definition) is 2. The second-order valence-corrected chi connectivity index (χ2v) is 4.52. The van der Waals surface area contributed by atoms with Crippen molar-refractivity contribution in [3.05, 3.63) is 29.8 Å². The molecule has 3 N–H and O–H groups in total. The van der Waals surface area contributed by atoms with Gasteiger partial charge in [0.2, 0.25) is 5.91 Å². The van der Waals surface area contributed by atoms with Gasteiger partial charge in [0.25, 0.3) is 0 Å². The molecule has 1 amide bonds. The predicted molar refractivity (Wildman–Crippen MR) is 65.6 cm³/mol. The molecular formula is C13H18N2O2. The highest BCUT2D eigenvalue weighted by Crippen LogP contribution is 2.44. The number of ether oxygens (including phenoxy) is 1. The van der Waals surface area contributed by atoms with E-state index in [-0.39, 0.29) is 11.3 Å². The van der Waals surface area contributed by atoms with Crippen molar-refractivity contribution in [1.82, 2.24) is 5.32 Å². The number of carbonyl (C=O) groups is 1. The fourth-order valence-corrected chi connectivity index (χ4v) is 1.79. The second kappa shape index (κ2) is 4.75. The summed E-state index contributed by atoms with van der Waals surface area (Å²) in [5.41, 5.74) is 6.39. The highest BCUT2D eigenvalue weighted by atomic mass is 16.5. The van der Waals surface area contributed by atoms with Crippen LogP contribution in [-0.2, 0) is 11.3 Å². The van der Waals surface area contributed by atoms with Gasteiger partial charge in [0.05, 0.1) is 12.5 Å². The molecule has 0 aliphatic heterocycles. The van der Waals surface area contributed by atoms with E-state index >= 15 is 0 Å². The van der Waals surface area contributed by atoms with E-state index in [0.717, 1.165) is 24.2 Å². The van der Waals surface area contributed by atoms with Gasteiger partial charge < -0.3 is 15.8 Å². The van der Waals surface area contributed by atoms with Gasteiger partial charge in [-0.1, -0.05) is 12.1 Å². The summed E-state index contributed by atoms with van der Waals surface area (Å²) in [6.45, 7) is 0.992. The van der Waals surface area contributed by atoms with E-state index in [1.807, 2.05) is 24.3 Å². The van der Waals surface area contributed by atoms with Crippen LogP contribution in [0.2, 0.25) is 0 Å². The second-order valence-electron chi connectivity index (χ2n) is 4.52. The Kier molecular flexibility index (Phi) is 3.33. The number of nitrogens with two attached hydrogens (primary N) is 1. The van der Waals surface area contributed by atoms with E-state index < -0.39 is 0 Å². The molecule has 0 radical (unpaired) electrons. The Morgan fingerprint density at radius 1 is 1.41 bits per heavy atom. The third-order valence-corrected chi connectivity index (χ3v) is 3.34. The Bertz CT molecular complexity index is 396. The van der Waals surface area contributed by atoms with Crippen molar-refractivity contribution in [2.45, 2.75) is 19.4 Å². The first-order chi connectivity index (χ1) is 8.20. The van der Waals surface area contributed by atoms with E-state index in [0.29, 0.717) is 13.1 Å². The third-order valence-electron chi connectivity index (χ3n) is 3.34. The molecular weight excluding hydrogens is 216 g/mol. The third kappa shape index (κ3) is 2.58. The molecule has 2 rings (SSSR count). The molecule has 0 unspecified atom stereocenters. The Hall–Kier alpha value is -1.55. The fourth-order valence-electron chi connectivity index (χ4n) is 1.79. The lowest BCUT2D eigenvalue weighted by Gasteiger charge is -2.12. The van der Waals surface area contributed by atoms with Crippen molar-refractivity contribution in [3.63, 3.8) is 0 Å². The summed E-state index contributed by atoms with van der Waals surface area (Å²) < 4.78 is 5.07. The molecule has 1 aliphatic rings. The van der Waals surface area contributed by atoms with Crippen molar-refractivity contribution >= 4 is 5.91 Å². The summed E-state index contributed by atoms with van der Waals surface area (Å²) in [5, 5.41) is 2.93. The molecule has 1 aromatic carbocycles. The molecule has 4 nitrogen and oxygen atoms in total. The first kappa shape index (κ1) is 11.9. The average molecular weight is 234 g/mol. The van der Waals surface area contributed by atoms with Crippen LogP contribution < -0.4 is 15.8 Å². The van der Waals surface area contributed by atoms with Crippen LogP contribution in [0, 0.1) is 5.41 Å². The largest absolute Gasteiger partial charge is 0.497 e. The Balaban J connectivity index is 1.87. The van der Waals surface area contributed by atoms with Crippen LogP contribution in [0.3, 0.4) is 0 Å². The Morgan fingerprint density at radius 2 is 2.06 bits per heavy atom. The van der Waals surface area contributed by atoms with Crippen molar-refractivity contribution < 1.29 is 9.53 Å². The number of benzene rings is 1. The van der Waals surface area contributed by atoms with Gasteiger partial charge in [0.1, 0.15) is 5.75 Å². The van der Waals surface area contributed by atoms with Crippen LogP contribution in [0.25, 0.3) is 0 Å². The van der Waals surface area contributed by atoms with Crippen LogP contribution in [0.15, 0.2) is 24.3 Å². The zero-order valence-electron chi connectivity index (χ0n) is 10.0. The zero-order valence-corrected chi connectivity index (χ0v) is 10.0. The SMILES string of the molecule is COc1ccc(CNC(=O)C2(CN)CC2)cc1. The smallest absolute Gasteiger partial charge is 0.227 e. The molecule has 0 heterocycles. The zero-order chi connectivity index (χ0) is 12.3. The molecule has 1 aromatic rings. The van der Waals surface area contributed by atoms with Crippen LogP contribution in [0.1, 0.15) is 18.4 Å². The van der Waals surface area contributed by atoms with Gasteiger partial charge in [0.15, 0.2) is 0 Å². The van der Waals surface area contributed by atoms with Gasteiger partial charge in [-0.25, -0.2) is 0 Å². The van der Waals surface area contributed by atoms with Crippen molar-refractivity contribution in [3.8, 4) is 5.75 Å². The number of carbonyl (C=O) groups excluding carboxylic acids is 1. The Labute approximate surface area is 101 Å². The van der Waals surface area contributed by atoms with E-state index in [9.17, 15) is 4.79 Å². The van der Waals surface area contributed by atoms with Gasteiger partial charge in [-0.05, 0) is 30.5 Å². The maximum Gasteiger partial charge on any atom is 0.227 e. The molecule has 92 valence electrons. The van der Waals surface area contributed by atoms with E-state index in [2.05, 4.69) is 5.32 Å². The lowest BCUT2D eigenvalue weighted by Crippen LogP contribution is -2.36. The molecule has 1 fully saturated rings. The maximum absolute atomic E-state index is 11.8. The summed E-state index contributed by atoms with van der Waals surface area (Å²) in [7, 11) is 1.63. The highest BCUT2D eigenvalue weighted by Gasteiger charge is 2.48. The first-order valence-corrected chi connectivity index (χ1v) is 5.81. The summed E-state index contributed by atoms with van der Waals surface area (Å²) >= 11 is 0. The lowest BCUT2D eigenvalue weighted by molar-refractivity contribution is -0.126. The maximum atomic E-state index is 11.8. The molecule has 0 atom stereocenters. The van der Waals surface area contributed by atoms with Crippen molar-refractivity contribution in [1.29, 1.82) is 0 Å². The molecule has 0 aromatic heterocycles. The van der Waals surface area contributed by atoms with E-state index in [4.69, 9.17) is 10.5 Å². The lowest BCUT2D eigenvalue weighted by atomic mass is 10.1. The van der Waals surface area contributed by atoms with E-state index in [1.165, 1.54) is 0 Å². The van der Waals surface area contributed by atoms with Gasteiger partial charge in [0, 0.05) is 13.1 Å². The highest BCUT2D eigenvalue weighted by molar-refractivity contribution is 5.85. The molecule has 1 aliphatic carbocycles. The number of hydrogen-bond acceptors (Lipinski definition) is 3. The molecule has 17 heavy (non-hydrogen) atoms. The number of nitrogens with one attached hydrogen (secondary N) is 1. The summed E-state index contributed by atoms with van der Waals surface area (Å²) in [6, 6.07) is 7.66. The van der Waals surface area contributed by atoms with Crippen LogP contribution >= 0.6 is 0 Å². The van der Waals surface area contributed by atoms with Crippen LogP contribution in [0.4, 0.5) is 0 Å². The monoisotopic (exact) mass is 234 g/mol. The molecule has 0 saturated heterocycles. The van der Waals surface area contributed by atoms with Gasteiger partial charge >= 0.3 is 0 Å². The van der Waals surface area contributed by atoms with E-state index in [1.54, 1.807) is 7.11 Å². The Morgan fingerprint density at radius 3 is 2.53 bits per heavy atom. The topological polar surface area (TPSA) is 64.3 Å². The van der Waals surface area contributed by atoms with Gasteiger partial charge in [-0.3, -0.25) is 4.79 Å². The minimum Gasteiger partial charge on any atom is -0.497 e. The van der Waals surface area contributed by atoms with Crippen molar-refractivity contribution in [2.75, 3.05) is 13.7 Å². The minimum absolute atomic E-state index is 0.0795. The fraction of sp³-hybridized carbons (Fsp3) is 0.462. The predicted octanol–water partition coefficient (Wildman–Crippen LogP) is 1.05. The molecule has 0 bridgehead atoms. The average Bonchev–Trinajstić information content (AvgIpc) is 3.17. The quantitative estimate of drug-likeness (QED) is 0.800. The van der Waals surface area contributed by atoms with Gasteiger partial charge in [-0.15, -0.1) is 0 Å². The first-order valence-electron chi connectivity index (χ1n) is 5.81. The number of methoxy groups -OCH3 is 1.